The monoisotopic (exact) mass is 195 g/mol. The predicted molar refractivity (Wildman–Crippen MR) is 39.1 cm³/mol. The van der Waals surface area contributed by atoms with Crippen LogP contribution in [-0.2, 0) is 4.74 Å². The van der Waals surface area contributed by atoms with Gasteiger partial charge in [-0.25, -0.2) is 0 Å². The zero-order valence-corrected chi connectivity index (χ0v) is 6.74. The molecule has 0 saturated carbocycles. The lowest BCUT2D eigenvalue weighted by atomic mass is 9.95. The molecule has 0 radical (unpaired) electrons. The smallest absolute Gasteiger partial charge is 0.221 e. The molecular formula is C6H13NO6. The van der Waals surface area contributed by atoms with Crippen molar-refractivity contribution in [1.29, 1.82) is 0 Å². The summed E-state index contributed by atoms with van der Waals surface area (Å²) >= 11 is 0. The van der Waals surface area contributed by atoms with Crippen LogP contribution in [0.3, 0.4) is 0 Å². The fraction of sp³-hybridized carbons (Fsp3) is 1.00. The van der Waals surface area contributed by atoms with Crippen LogP contribution in [0.5, 0.6) is 0 Å². The van der Waals surface area contributed by atoms with Crippen molar-refractivity contribution in [3.05, 3.63) is 0 Å². The summed E-state index contributed by atoms with van der Waals surface area (Å²) < 4.78 is 4.44. The van der Waals surface area contributed by atoms with Crippen molar-refractivity contribution >= 4 is 0 Å². The number of rotatable bonds is 1. The Kier molecular flexibility index (Phi) is 2.88. The highest BCUT2D eigenvalue weighted by Gasteiger charge is 2.51. The van der Waals surface area contributed by atoms with Gasteiger partial charge in [0.2, 0.25) is 5.79 Å². The summed E-state index contributed by atoms with van der Waals surface area (Å²) in [5.41, 5.74) is 5.21. The zero-order valence-electron chi connectivity index (χ0n) is 6.74. The van der Waals surface area contributed by atoms with E-state index in [4.69, 9.17) is 15.9 Å². The summed E-state index contributed by atoms with van der Waals surface area (Å²) in [4.78, 5) is 0. The van der Waals surface area contributed by atoms with Crippen LogP contribution in [0, 0.1) is 0 Å². The molecule has 1 fully saturated rings. The van der Waals surface area contributed by atoms with Gasteiger partial charge in [-0.15, -0.1) is 0 Å². The summed E-state index contributed by atoms with van der Waals surface area (Å²) in [5.74, 6) is -2.37. The van der Waals surface area contributed by atoms with Crippen LogP contribution >= 0.6 is 0 Å². The SMILES string of the molecule is N[C@@H]1[C@@H](O)[C@H](O)[C@](O)(CO)O[C@H]1O. The molecule has 0 aromatic rings. The normalized spacial score (nSPS) is 52.2. The maximum absolute atomic E-state index is 9.31. The molecule has 0 amide bonds. The van der Waals surface area contributed by atoms with Crippen LogP contribution in [0.15, 0.2) is 0 Å². The van der Waals surface area contributed by atoms with Crippen LogP contribution in [-0.4, -0.2) is 62.5 Å². The fourth-order valence-corrected chi connectivity index (χ4v) is 1.13. The van der Waals surface area contributed by atoms with E-state index < -0.39 is 36.9 Å². The number of ether oxygens (including phenoxy) is 1. The number of hydrogen-bond donors (Lipinski definition) is 6. The maximum atomic E-state index is 9.31. The molecule has 1 heterocycles. The van der Waals surface area contributed by atoms with Gasteiger partial charge in [0.25, 0.3) is 0 Å². The predicted octanol–water partition coefficient (Wildman–Crippen LogP) is -3.94. The van der Waals surface area contributed by atoms with Crippen molar-refractivity contribution in [2.75, 3.05) is 6.61 Å². The van der Waals surface area contributed by atoms with Crippen molar-refractivity contribution in [2.24, 2.45) is 5.73 Å². The summed E-state index contributed by atoms with van der Waals surface area (Å²) in [6, 6.07) is -1.22. The second-order valence-electron chi connectivity index (χ2n) is 3.02. The highest BCUT2D eigenvalue weighted by molar-refractivity contribution is 4.94. The highest BCUT2D eigenvalue weighted by atomic mass is 16.7. The van der Waals surface area contributed by atoms with Crippen LogP contribution < -0.4 is 5.73 Å². The molecule has 5 atom stereocenters. The molecule has 0 aromatic heterocycles. The average molecular weight is 195 g/mol. The Labute approximate surface area is 74.0 Å². The molecule has 0 aromatic carbocycles. The molecule has 0 aliphatic carbocycles. The maximum Gasteiger partial charge on any atom is 0.221 e. The van der Waals surface area contributed by atoms with Gasteiger partial charge in [-0.05, 0) is 0 Å². The largest absolute Gasteiger partial charge is 0.391 e. The first kappa shape index (κ1) is 10.8. The van der Waals surface area contributed by atoms with E-state index in [0.717, 1.165) is 0 Å². The van der Waals surface area contributed by atoms with Gasteiger partial charge >= 0.3 is 0 Å². The minimum absolute atomic E-state index is 0.949. The Morgan fingerprint density at radius 3 is 2.31 bits per heavy atom. The van der Waals surface area contributed by atoms with E-state index in [9.17, 15) is 15.3 Å². The molecule has 0 unspecified atom stereocenters. The van der Waals surface area contributed by atoms with Gasteiger partial charge in [0.05, 0.1) is 12.6 Å². The van der Waals surface area contributed by atoms with Crippen molar-refractivity contribution < 1.29 is 30.3 Å². The van der Waals surface area contributed by atoms with Gasteiger partial charge in [-0.1, -0.05) is 0 Å². The molecule has 0 spiro atoms. The quantitative estimate of drug-likeness (QED) is 0.251. The lowest BCUT2D eigenvalue weighted by molar-refractivity contribution is -0.370. The van der Waals surface area contributed by atoms with Gasteiger partial charge in [0, 0.05) is 0 Å². The molecule has 78 valence electrons. The third kappa shape index (κ3) is 1.67. The Bertz CT molecular complexity index is 190. The van der Waals surface area contributed by atoms with Crippen molar-refractivity contribution in [3.8, 4) is 0 Å². The number of aliphatic hydroxyl groups excluding tert-OH is 4. The summed E-state index contributed by atoms with van der Waals surface area (Å²) in [6.45, 7) is -0.949. The molecule has 1 aliphatic rings. The summed E-state index contributed by atoms with van der Waals surface area (Å²) in [7, 11) is 0. The molecule has 0 bridgehead atoms. The van der Waals surface area contributed by atoms with Gasteiger partial charge in [0.15, 0.2) is 6.29 Å². The third-order valence-electron chi connectivity index (χ3n) is 2.06. The minimum Gasteiger partial charge on any atom is -0.391 e. The van der Waals surface area contributed by atoms with Crippen LogP contribution in [0.1, 0.15) is 0 Å². The standard InChI is InChI=1S/C6H13NO6/c7-2-3(9)4(10)6(12,1-8)13-5(2)11/h2-5,8-12H,1,7H2/t2-,3-,4+,5-,6+/m1/s1. The minimum atomic E-state index is -2.37. The summed E-state index contributed by atoms with van der Waals surface area (Å²) in [6.07, 6.45) is -4.94. The van der Waals surface area contributed by atoms with Crippen molar-refractivity contribution in [1.82, 2.24) is 0 Å². The number of aliphatic hydroxyl groups is 5. The van der Waals surface area contributed by atoms with Gasteiger partial charge in [-0.3, -0.25) is 0 Å². The topological polar surface area (TPSA) is 136 Å². The molecule has 1 rings (SSSR count). The number of hydrogen-bond acceptors (Lipinski definition) is 7. The van der Waals surface area contributed by atoms with E-state index in [0.29, 0.717) is 0 Å². The molecular weight excluding hydrogens is 182 g/mol. The van der Waals surface area contributed by atoms with Gasteiger partial charge < -0.3 is 36.0 Å². The van der Waals surface area contributed by atoms with E-state index in [1.54, 1.807) is 0 Å². The first-order valence-electron chi connectivity index (χ1n) is 3.73. The van der Waals surface area contributed by atoms with Crippen LogP contribution in [0.25, 0.3) is 0 Å². The number of nitrogens with two attached hydrogens (primary N) is 1. The third-order valence-corrected chi connectivity index (χ3v) is 2.06. The Balaban J connectivity index is 2.82. The Hall–Kier alpha value is -0.280. The fourth-order valence-electron chi connectivity index (χ4n) is 1.13. The second-order valence-corrected chi connectivity index (χ2v) is 3.02. The Morgan fingerprint density at radius 2 is 1.85 bits per heavy atom. The van der Waals surface area contributed by atoms with E-state index in [-0.39, 0.29) is 0 Å². The molecule has 7 N–H and O–H groups in total. The van der Waals surface area contributed by atoms with Crippen LogP contribution in [0.4, 0.5) is 0 Å². The molecule has 1 saturated heterocycles. The second kappa shape index (κ2) is 3.46. The lowest BCUT2D eigenvalue weighted by Crippen LogP contribution is -2.68. The van der Waals surface area contributed by atoms with Gasteiger partial charge in [-0.2, -0.15) is 0 Å². The van der Waals surface area contributed by atoms with E-state index in [1.807, 2.05) is 0 Å². The molecule has 13 heavy (non-hydrogen) atoms. The molecule has 7 heteroatoms. The van der Waals surface area contributed by atoms with Crippen LogP contribution in [0.2, 0.25) is 0 Å². The lowest BCUT2D eigenvalue weighted by Gasteiger charge is -2.43. The molecule has 7 nitrogen and oxygen atoms in total. The zero-order chi connectivity index (χ0) is 10.2. The van der Waals surface area contributed by atoms with E-state index >= 15 is 0 Å². The highest BCUT2D eigenvalue weighted by Crippen LogP contribution is 2.25. The van der Waals surface area contributed by atoms with Gasteiger partial charge in [0.1, 0.15) is 12.2 Å². The molecule has 1 aliphatic heterocycles. The van der Waals surface area contributed by atoms with E-state index in [1.165, 1.54) is 0 Å². The summed E-state index contributed by atoms with van der Waals surface area (Å²) in [5, 5.41) is 45.4. The van der Waals surface area contributed by atoms with Crippen molar-refractivity contribution in [2.45, 2.75) is 30.3 Å². The van der Waals surface area contributed by atoms with E-state index in [2.05, 4.69) is 4.74 Å². The average Bonchev–Trinajstić information content (AvgIpc) is 2.12. The Morgan fingerprint density at radius 1 is 1.31 bits per heavy atom. The first-order chi connectivity index (χ1) is 5.92. The first-order valence-corrected chi connectivity index (χ1v) is 3.73. The van der Waals surface area contributed by atoms with Crippen molar-refractivity contribution in [3.63, 3.8) is 0 Å².